The summed E-state index contributed by atoms with van der Waals surface area (Å²) in [4.78, 5) is 13.5. The second-order valence-electron chi connectivity index (χ2n) is 3.61. The van der Waals surface area contributed by atoms with Gasteiger partial charge in [0.2, 0.25) is 0 Å². The topological polar surface area (TPSA) is 20.3 Å². The zero-order chi connectivity index (χ0) is 9.52. The molecular weight excluding hydrogens is 162 g/mol. The van der Waals surface area contributed by atoms with E-state index in [4.69, 9.17) is 6.42 Å². The monoisotopic (exact) mass is 179 g/mol. The van der Waals surface area contributed by atoms with Crippen molar-refractivity contribution in [2.75, 3.05) is 19.6 Å². The highest BCUT2D eigenvalue weighted by molar-refractivity contribution is 5.82. The van der Waals surface area contributed by atoms with E-state index in [-0.39, 0.29) is 12.2 Å². The molecule has 0 amide bonds. The Balaban J connectivity index is 2.26. The highest BCUT2D eigenvalue weighted by Crippen LogP contribution is 2.09. The highest BCUT2D eigenvalue weighted by atomic mass is 16.1. The molecule has 0 atom stereocenters. The van der Waals surface area contributed by atoms with E-state index in [0.29, 0.717) is 6.54 Å². The summed E-state index contributed by atoms with van der Waals surface area (Å²) in [6.07, 6.45) is 10.4. The number of rotatable bonds is 3. The van der Waals surface area contributed by atoms with Crippen LogP contribution in [0.4, 0.5) is 0 Å². The smallest absolute Gasteiger partial charge is 0.158 e. The van der Waals surface area contributed by atoms with Crippen LogP contribution in [0.15, 0.2) is 0 Å². The number of hydrogen-bond acceptors (Lipinski definition) is 2. The van der Waals surface area contributed by atoms with Crippen molar-refractivity contribution in [2.24, 2.45) is 0 Å². The quantitative estimate of drug-likeness (QED) is 0.611. The van der Waals surface area contributed by atoms with Gasteiger partial charge in [-0.1, -0.05) is 18.8 Å². The number of likely N-dealkylation sites (tertiary alicyclic amines) is 1. The summed E-state index contributed by atoms with van der Waals surface area (Å²) in [5.41, 5.74) is 0. The Kier molecular flexibility index (Phi) is 4.56. The summed E-state index contributed by atoms with van der Waals surface area (Å²) in [6.45, 7) is 2.69. The zero-order valence-electron chi connectivity index (χ0n) is 8.09. The largest absolute Gasteiger partial charge is 0.297 e. The van der Waals surface area contributed by atoms with Crippen molar-refractivity contribution in [3.63, 3.8) is 0 Å². The van der Waals surface area contributed by atoms with Gasteiger partial charge in [0.25, 0.3) is 0 Å². The van der Waals surface area contributed by atoms with E-state index < -0.39 is 0 Å². The fourth-order valence-electron chi connectivity index (χ4n) is 1.71. The molecule has 0 spiro atoms. The molecule has 0 aliphatic carbocycles. The minimum atomic E-state index is 0.185. The molecule has 0 aromatic carbocycles. The molecule has 13 heavy (non-hydrogen) atoms. The van der Waals surface area contributed by atoms with Gasteiger partial charge in [-0.05, 0) is 25.9 Å². The van der Waals surface area contributed by atoms with Gasteiger partial charge in [-0.2, -0.15) is 0 Å². The summed E-state index contributed by atoms with van der Waals surface area (Å²) >= 11 is 0. The molecule has 0 saturated carbocycles. The van der Waals surface area contributed by atoms with E-state index in [0.717, 1.165) is 13.1 Å². The molecule has 0 unspecified atom stereocenters. The first-order valence-electron chi connectivity index (χ1n) is 5.00. The van der Waals surface area contributed by atoms with Gasteiger partial charge >= 0.3 is 0 Å². The van der Waals surface area contributed by atoms with E-state index in [1.807, 2.05) is 0 Å². The Bertz CT molecular complexity index is 197. The van der Waals surface area contributed by atoms with Crippen LogP contribution in [-0.2, 0) is 4.79 Å². The molecule has 0 bridgehead atoms. The lowest BCUT2D eigenvalue weighted by atomic mass is 10.2. The predicted molar refractivity (Wildman–Crippen MR) is 53.4 cm³/mol. The Morgan fingerprint density at radius 2 is 1.85 bits per heavy atom. The molecule has 1 fully saturated rings. The third-order valence-electron chi connectivity index (χ3n) is 2.40. The van der Waals surface area contributed by atoms with Gasteiger partial charge in [-0.15, -0.1) is 6.42 Å². The lowest BCUT2D eigenvalue weighted by Crippen LogP contribution is -2.30. The second-order valence-corrected chi connectivity index (χ2v) is 3.61. The lowest BCUT2D eigenvalue weighted by molar-refractivity contribution is -0.119. The van der Waals surface area contributed by atoms with Crippen molar-refractivity contribution in [1.82, 2.24) is 4.90 Å². The van der Waals surface area contributed by atoms with Crippen LogP contribution < -0.4 is 0 Å². The van der Waals surface area contributed by atoms with Crippen LogP contribution in [0.25, 0.3) is 0 Å². The normalized spacial score (nSPS) is 19.0. The fourth-order valence-corrected chi connectivity index (χ4v) is 1.71. The molecule has 0 aromatic heterocycles. The number of hydrogen-bond donors (Lipinski definition) is 0. The van der Waals surface area contributed by atoms with Gasteiger partial charge in [-0.25, -0.2) is 0 Å². The van der Waals surface area contributed by atoms with Crippen LogP contribution in [0.1, 0.15) is 32.1 Å². The van der Waals surface area contributed by atoms with Crippen LogP contribution in [0.3, 0.4) is 0 Å². The standard InChI is InChI=1S/C11H17NO/c1-2-7-11(13)10-12-8-5-3-4-6-9-12/h1H,3-10H2. The van der Waals surface area contributed by atoms with E-state index in [1.165, 1.54) is 25.7 Å². The molecular formula is C11H17NO. The molecule has 1 heterocycles. The first-order chi connectivity index (χ1) is 6.33. The van der Waals surface area contributed by atoms with Crippen LogP contribution in [0.2, 0.25) is 0 Å². The van der Waals surface area contributed by atoms with Crippen molar-refractivity contribution in [3.05, 3.63) is 0 Å². The predicted octanol–water partition coefficient (Wildman–Crippen LogP) is 1.45. The maximum Gasteiger partial charge on any atom is 0.158 e. The molecule has 0 N–H and O–H groups in total. The third-order valence-corrected chi connectivity index (χ3v) is 2.40. The summed E-state index contributed by atoms with van der Waals surface area (Å²) in [7, 11) is 0. The first-order valence-corrected chi connectivity index (χ1v) is 5.00. The third kappa shape index (κ3) is 4.10. The molecule has 0 radical (unpaired) electrons. The molecule has 1 rings (SSSR count). The number of ketones is 1. The van der Waals surface area contributed by atoms with Gasteiger partial charge in [0, 0.05) is 0 Å². The average molecular weight is 179 g/mol. The summed E-state index contributed by atoms with van der Waals surface area (Å²) in [5.74, 6) is 2.58. The molecule has 1 aliphatic heterocycles. The minimum absolute atomic E-state index is 0.185. The molecule has 2 nitrogen and oxygen atoms in total. The van der Waals surface area contributed by atoms with E-state index in [9.17, 15) is 4.79 Å². The van der Waals surface area contributed by atoms with Gasteiger partial charge in [0.05, 0.1) is 13.0 Å². The van der Waals surface area contributed by atoms with Gasteiger partial charge < -0.3 is 0 Å². The van der Waals surface area contributed by atoms with Crippen molar-refractivity contribution in [1.29, 1.82) is 0 Å². The maximum atomic E-state index is 11.2. The van der Waals surface area contributed by atoms with Crippen LogP contribution in [0, 0.1) is 12.3 Å². The zero-order valence-corrected chi connectivity index (χ0v) is 8.09. The van der Waals surface area contributed by atoms with E-state index >= 15 is 0 Å². The van der Waals surface area contributed by atoms with Crippen molar-refractivity contribution in [3.8, 4) is 12.3 Å². The van der Waals surface area contributed by atoms with E-state index in [2.05, 4.69) is 10.8 Å². The maximum absolute atomic E-state index is 11.2. The average Bonchev–Trinajstić information content (AvgIpc) is 2.33. The second kappa shape index (κ2) is 5.77. The number of Topliss-reactive ketones (excluding diaryl/α,β-unsaturated/α-hetero) is 1. The Hall–Kier alpha value is -0.810. The highest BCUT2D eigenvalue weighted by Gasteiger charge is 2.11. The number of terminal acetylenes is 1. The Labute approximate surface area is 80.3 Å². The summed E-state index contributed by atoms with van der Waals surface area (Å²) < 4.78 is 0. The summed E-state index contributed by atoms with van der Waals surface area (Å²) in [5, 5.41) is 0. The summed E-state index contributed by atoms with van der Waals surface area (Å²) in [6, 6.07) is 0. The number of nitrogens with zero attached hydrogens (tertiary/aromatic N) is 1. The number of carbonyl (C=O) groups excluding carboxylic acids is 1. The first kappa shape index (κ1) is 10.3. The molecule has 0 aromatic rings. The molecule has 1 saturated heterocycles. The lowest BCUT2D eigenvalue weighted by Gasteiger charge is -2.17. The van der Waals surface area contributed by atoms with Crippen molar-refractivity contribution >= 4 is 5.78 Å². The van der Waals surface area contributed by atoms with Gasteiger partial charge in [0.1, 0.15) is 0 Å². The van der Waals surface area contributed by atoms with Crippen molar-refractivity contribution in [2.45, 2.75) is 32.1 Å². The minimum Gasteiger partial charge on any atom is -0.297 e. The Morgan fingerprint density at radius 1 is 1.23 bits per heavy atom. The molecule has 2 heteroatoms. The molecule has 72 valence electrons. The van der Waals surface area contributed by atoms with Gasteiger partial charge in [-0.3, -0.25) is 9.69 Å². The van der Waals surface area contributed by atoms with Crippen LogP contribution >= 0.6 is 0 Å². The van der Waals surface area contributed by atoms with Crippen molar-refractivity contribution < 1.29 is 4.79 Å². The van der Waals surface area contributed by atoms with Gasteiger partial charge in [0.15, 0.2) is 5.78 Å². The van der Waals surface area contributed by atoms with Crippen LogP contribution in [-0.4, -0.2) is 30.3 Å². The van der Waals surface area contributed by atoms with E-state index in [1.54, 1.807) is 0 Å². The fraction of sp³-hybridized carbons (Fsp3) is 0.727. The van der Waals surface area contributed by atoms with Crippen LogP contribution in [0.5, 0.6) is 0 Å². The number of carbonyl (C=O) groups is 1. The Morgan fingerprint density at radius 3 is 2.38 bits per heavy atom. The molecule has 1 aliphatic rings. The SMILES string of the molecule is C#CCC(=O)CN1CCCCCC1.